The van der Waals surface area contributed by atoms with Crippen LogP contribution in [0.5, 0.6) is 0 Å². The minimum Gasteiger partial charge on any atom is -0.365 e. The van der Waals surface area contributed by atoms with Crippen LogP contribution >= 0.6 is 11.8 Å². The molecule has 0 unspecified atom stereocenters. The molecule has 2 nitrogen and oxygen atoms in total. The molecule has 1 heterocycles. The first-order chi connectivity index (χ1) is 6.83. The van der Waals surface area contributed by atoms with Crippen LogP contribution < -0.4 is 5.32 Å². The molecule has 1 aliphatic heterocycles. The third-order valence-corrected chi connectivity index (χ3v) is 3.62. The Morgan fingerprint density at radius 2 is 2.36 bits per heavy atom. The summed E-state index contributed by atoms with van der Waals surface area (Å²) in [5.74, 6) is 2.06. The minimum absolute atomic E-state index is 0.896. The Kier molecular flexibility index (Phi) is 6.08. The van der Waals surface area contributed by atoms with Gasteiger partial charge in [0.1, 0.15) is 0 Å². The van der Waals surface area contributed by atoms with Gasteiger partial charge in [0.05, 0.1) is 6.54 Å². The molecule has 82 valence electrons. The molecule has 1 atom stereocenters. The van der Waals surface area contributed by atoms with Gasteiger partial charge in [0.2, 0.25) is 0 Å². The monoisotopic (exact) mass is 214 g/mol. The minimum atomic E-state index is 0.896. The molecule has 1 rings (SSSR count). The van der Waals surface area contributed by atoms with E-state index in [9.17, 15) is 0 Å². The molecular formula is C11H22N2S. The zero-order valence-electron chi connectivity index (χ0n) is 9.38. The van der Waals surface area contributed by atoms with Gasteiger partial charge in [-0.25, -0.2) is 0 Å². The number of thioether (sulfide) groups is 1. The van der Waals surface area contributed by atoms with Crippen LogP contribution in [0.15, 0.2) is 4.99 Å². The molecule has 0 aromatic carbocycles. The van der Waals surface area contributed by atoms with Crippen LogP contribution in [0.3, 0.4) is 0 Å². The van der Waals surface area contributed by atoms with Crippen molar-refractivity contribution in [3.63, 3.8) is 0 Å². The summed E-state index contributed by atoms with van der Waals surface area (Å²) in [6, 6.07) is 0. The number of unbranched alkanes of at least 4 members (excludes halogenated alkanes) is 1. The summed E-state index contributed by atoms with van der Waals surface area (Å²) in [5, 5.41) is 4.55. The fourth-order valence-electron chi connectivity index (χ4n) is 1.46. The van der Waals surface area contributed by atoms with Gasteiger partial charge in [-0.1, -0.05) is 44.9 Å². The molecular weight excluding hydrogens is 192 g/mol. The molecule has 0 spiro atoms. The smallest absolute Gasteiger partial charge is 0.156 e. The fraction of sp³-hybridized carbons (Fsp3) is 0.909. The van der Waals surface area contributed by atoms with Crippen molar-refractivity contribution in [2.75, 3.05) is 18.8 Å². The average molecular weight is 214 g/mol. The largest absolute Gasteiger partial charge is 0.365 e. The maximum atomic E-state index is 4.35. The highest BCUT2D eigenvalue weighted by molar-refractivity contribution is 8.14. The molecule has 1 N–H and O–H groups in total. The Balaban J connectivity index is 1.89. The Labute approximate surface area is 92.0 Å². The topological polar surface area (TPSA) is 24.4 Å². The number of hydrogen-bond donors (Lipinski definition) is 1. The lowest BCUT2D eigenvalue weighted by molar-refractivity contribution is 0.484. The van der Waals surface area contributed by atoms with E-state index in [-0.39, 0.29) is 0 Å². The number of aliphatic imine (C=N–C) groups is 1. The van der Waals surface area contributed by atoms with Gasteiger partial charge >= 0.3 is 0 Å². The third kappa shape index (κ3) is 4.89. The van der Waals surface area contributed by atoms with Crippen LogP contribution in [-0.4, -0.2) is 24.0 Å². The molecule has 0 saturated heterocycles. The summed E-state index contributed by atoms with van der Waals surface area (Å²) in [7, 11) is 0. The summed E-state index contributed by atoms with van der Waals surface area (Å²) in [5.41, 5.74) is 0. The Morgan fingerprint density at radius 3 is 3.00 bits per heavy atom. The normalized spacial score (nSPS) is 18.0. The predicted octanol–water partition coefficient (Wildman–Crippen LogP) is 2.90. The first-order valence-electron chi connectivity index (χ1n) is 5.74. The van der Waals surface area contributed by atoms with Crippen LogP contribution in [0.4, 0.5) is 0 Å². The fourth-order valence-corrected chi connectivity index (χ4v) is 2.22. The number of amidine groups is 1. The zero-order valence-corrected chi connectivity index (χ0v) is 10.2. The Bertz CT molecular complexity index is 180. The van der Waals surface area contributed by atoms with Gasteiger partial charge in [0.15, 0.2) is 5.17 Å². The molecule has 0 fully saturated rings. The van der Waals surface area contributed by atoms with E-state index in [4.69, 9.17) is 0 Å². The van der Waals surface area contributed by atoms with E-state index in [0.717, 1.165) is 29.9 Å². The predicted molar refractivity (Wildman–Crippen MR) is 66.1 cm³/mol. The number of nitrogens with zero attached hydrogens (tertiary/aromatic N) is 1. The van der Waals surface area contributed by atoms with Crippen LogP contribution in [0.2, 0.25) is 0 Å². The second-order valence-corrected chi connectivity index (χ2v) is 5.05. The molecule has 0 saturated carbocycles. The Hall–Kier alpha value is -0.180. The van der Waals surface area contributed by atoms with Gasteiger partial charge in [-0.05, 0) is 12.3 Å². The SMILES string of the molecule is CC[C@@H](C)CCCCNC1=NCCS1. The first-order valence-corrected chi connectivity index (χ1v) is 6.72. The van der Waals surface area contributed by atoms with Crippen molar-refractivity contribution >= 4 is 16.9 Å². The van der Waals surface area contributed by atoms with E-state index < -0.39 is 0 Å². The molecule has 0 aromatic rings. The molecule has 14 heavy (non-hydrogen) atoms. The van der Waals surface area contributed by atoms with E-state index in [1.165, 1.54) is 25.7 Å². The number of rotatable bonds is 6. The number of hydrogen-bond acceptors (Lipinski definition) is 3. The maximum Gasteiger partial charge on any atom is 0.156 e. The Morgan fingerprint density at radius 1 is 1.50 bits per heavy atom. The molecule has 0 aromatic heterocycles. The van der Waals surface area contributed by atoms with Gasteiger partial charge in [0.25, 0.3) is 0 Å². The molecule has 0 radical (unpaired) electrons. The summed E-state index contributed by atoms with van der Waals surface area (Å²) in [6.07, 6.45) is 5.32. The second-order valence-electron chi connectivity index (χ2n) is 3.97. The van der Waals surface area contributed by atoms with Crippen molar-refractivity contribution in [2.45, 2.75) is 39.5 Å². The van der Waals surface area contributed by atoms with Gasteiger partial charge in [-0.2, -0.15) is 0 Å². The summed E-state index contributed by atoms with van der Waals surface area (Å²) in [4.78, 5) is 4.35. The van der Waals surface area contributed by atoms with Crippen molar-refractivity contribution in [1.82, 2.24) is 5.32 Å². The van der Waals surface area contributed by atoms with Crippen LogP contribution in [0, 0.1) is 5.92 Å². The van der Waals surface area contributed by atoms with E-state index in [1.807, 2.05) is 11.8 Å². The van der Waals surface area contributed by atoms with Gasteiger partial charge < -0.3 is 5.32 Å². The molecule has 0 aliphatic carbocycles. The van der Waals surface area contributed by atoms with E-state index >= 15 is 0 Å². The lowest BCUT2D eigenvalue weighted by Gasteiger charge is -2.08. The zero-order chi connectivity index (χ0) is 10.2. The van der Waals surface area contributed by atoms with E-state index in [0.29, 0.717) is 0 Å². The van der Waals surface area contributed by atoms with Crippen molar-refractivity contribution < 1.29 is 0 Å². The highest BCUT2D eigenvalue weighted by Gasteiger charge is 2.05. The quantitative estimate of drug-likeness (QED) is 0.688. The van der Waals surface area contributed by atoms with E-state index in [2.05, 4.69) is 24.2 Å². The average Bonchev–Trinajstić information content (AvgIpc) is 2.69. The van der Waals surface area contributed by atoms with Crippen LogP contribution in [0.1, 0.15) is 39.5 Å². The summed E-state index contributed by atoms with van der Waals surface area (Å²) in [6.45, 7) is 6.71. The van der Waals surface area contributed by atoms with Crippen molar-refractivity contribution in [1.29, 1.82) is 0 Å². The third-order valence-electron chi connectivity index (χ3n) is 2.68. The van der Waals surface area contributed by atoms with Gasteiger partial charge in [-0.3, -0.25) is 4.99 Å². The summed E-state index contributed by atoms with van der Waals surface area (Å²) >= 11 is 1.85. The number of nitrogens with one attached hydrogen (secondary N) is 1. The first kappa shape index (κ1) is 11.9. The van der Waals surface area contributed by atoms with Gasteiger partial charge in [-0.15, -0.1) is 0 Å². The standard InChI is InChI=1S/C11H22N2S/c1-3-10(2)6-4-5-7-12-11-13-8-9-14-11/h10H,3-9H2,1-2H3,(H,12,13)/t10-/m1/s1. The van der Waals surface area contributed by atoms with Crippen LogP contribution in [0.25, 0.3) is 0 Å². The lowest BCUT2D eigenvalue weighted by Crippen LogP contribution is -2.20. The lowest BCUT2D eigenvalue weighted by atomic mass is 10.0. The second kappa shape index (κ2) is 7.16. The van der Waals surface area contributed by atoms with Crippen molar-refractivity contribution in [3.05, 3.63) is 0 Å². The molecule has 0 bridgehead atoms. The highest BCUT2D eigenvalue weighted by Crippen LogP contribution is 2.11. The highest BCUT2D eigenvalue weighted by atomic mass is 32.2. The van der Waals surface area contributed by atoms with Crippen molar-refractivity contribution in [3.8, 4) is 0 Å². The van der Waals surface area contributed by atoms with Crippen LogP contribution in [-0.2, 0) is 0 Å². The molecule has 3 heteroatoms. The molecule has 1 aliphatic rings. The van der Waals surface area contributed by atoms with Gasteiger partial charge in [0, 0.05) is 12.3 Å². The van der Waals surface area contributed by atoms with Crippen molar-refractivity contribution in [2.24, 2.45) is 10.9 Å². The molecule has 0 amide bonds. The maximum absolute atomic E-state index is 4.35. The summed E-state index contributed by atoms with van der Waals surface area (Å²) < 4.78 is 0. The van der Waals surface area contributed by atoms with E-state index in [1.54, 1.807) is 0 Å².